The van der Waals surface area contributed by atoms with E-state index < -0.39 is 16.9 Å². The van der Waals surface area contributed by atoms with Crippen molar-refractivity contribution in [3.63, 3.8) is 0 Å². The van der Waals surface area contributed by atoms with E-state index in [1.165, 1.54) is 30.0 Å². The standard InChI is InChI=1S/C18H23F2N3OS/c1-11-9-15(23(22-11)18(3,4)5)21-16(24)10-25-12(2)17-13(19)7-6-8-14(17)20/h6-9,12H,10H2,1-5H3,(H,21,24)/t12-/m0/s1. The lowest BCUT2D eigenvalue weighted by atomic mass is 10.1. The Balaban J connectivity index is 2.02. The van der Waals surface area contributed by atoms with Gasteiger partial charge in [-0.05, 0) is 46.8 Å². The topological polar surface area (TPSA) is 46.9 Å². The average Bonchev–Trinajstić information content (AvgIpc) is 2.85. The van der Waals surface area contributed by atoms with Gasteiger partial charge in [-0.15, -0.1) is 11.8 Å². The number of nitrogens with one attached hydrogen (secondary N) is 1. The minimum absolute atomic E-state index is 0.00382. The first-order chi connectivity index (χ1) is 11.6. The molecule has 0 fully saturated rings. The highest BCUT2D eigenvalue weighted by Gasteiger charge is 2.21. The average molecular weight is 367 g/mol. The Bertz CT molecular complexity index is 748. The second-order valence-corrected chi connectivity index (χ2v) is 8.22. The number of carbonyl (C=O) groups is 1. The highest BCUT2D eigenvalue weighted by atomic mass is 32.2. The first-order valence-corrected chi connectivity index (χ1v) is 9.07. The van der Waals surface area contributed by atoms with Crippen LogP contribution in [0.15, 0.2) is 24.3 Å². The Hall–Kier alpha value is -1.89. The fourth-order valence-corrected chi connectivity index (χ4v) is 3.33. The van der Waals surface area contributed by atoms with Crippen LogP contribution in [0.4, 0.5) is 14.6 Å². The molecule has 0 unspecified atom stereocenters. The van der Waals surface area contributed by atoms with Crippen LogP contribution >= 0.6 is 11.8 Å². The quantitative estimate of drug-likeness (QED) is 0.836. The molecule has 0 saturated heterocycles. The van der Waals surface area contributed by atoms with Crippen LogP contribution in [-0.2, 0) is 10.3 Å². The fourth-order valence-electron chi connectivity index (χ4n) is 2.46. The van der Waals surface area contributed by atoms with Crippen LogP contribution in [0, 0.1) is 18.6 Å². The van der Waals surface area contributed by atoms with Gasteiger partial charge in [0.05, 0.1) is 17.0 Å². The third-order valence-corrected chi connectivity index (χ3v) is 4.77. The Labute approximate surface area is 151 Å². The van der Waals surface area contributed by atoms with Gasteiger partial charge in [0.2, 0.25) is 5.91 Å². The van der Waals surface area contributed by atoms with Crippen LogP contribution in [0.3, 0.4) is 0 Å². The summed E-state index contributed by atoms with van der Waals surface area (Å²) in [7, 11) is 0. The van der Waals surface area contributed by atoms with Crippen molar-refractivity contribution in [1.82, 2.24) is 9.78 Å². The smallest absolute Gasteiger partial charge is 0.235 e. The van der Waals surface area contributed by atoms with Gasteiger partial charge in [-0.3, -0.25) is 4.79 Å². The van der Waals surface area contributed by atoms with Gasteiger partial charge < -0.3 is 5.32 Å². The lowest BCUT2D eigenvalue weighted by molar-refractivity contribution is -0.113. The number of aryl methyl sites for hydroxylation is 1. The highest BCUT2D eigenvalue weighted by Crippen LogP contribution is 2.32. The minimum atomic E-state index is -0.596. The molecule has 0 aliphatic heterocycles. The van der Waals surface area contributed by atoms with Gasteiger partial charge in [0.15, 0.2) is 0 Å². The number of benzene rings is 1. The van der Waals surface area contributed by atoms with E-state index in [0.29, 0.717) is 5.82 Å². The molecule has 1 aromatic carbocycles. The number of rotatable bonds is 5. The van der Waals surface area contributed by atoms with Gasteiger partial charge in [0.1, 0.15) is 17.5 Å². The van der Waals surface area contributed by atoms with Crippen molar-refractivity contribution in [1.29, 1.82) is 0 Å². The van der Waals surface area contributed by atoms with Gasteiger partial charge in [0.25, 0.3) is 0 Å². The molecule has 2 aromatic rings. The van der Waals surface area contributed by atoms with E-state index in [2.05, 4.69) is 10.4 Å². The number of hydrogen-bond donors (Lipinski definition) is 1. The number of nitrogens with zero attached hydrogens (tertiary/aromatic N) is 2. The molecule has 1 heterocycles. The van der Waals surface area contributed by atoms with Crippen LogP contribution in [-0.4, -0.2) is 21.4 Å². The number of carbonyl (C=O) groups excluding carboxylic acids is 1. The van der Waals surface area contributed by atoms with E-state index in [0.717, 1.165) is 5.69 Å². The maximum Gasteiger partial charge on any atom is 0.235 e. The van der Waals surface area contributed by atoms with Crippen LogP contribution in [0.1, 0.15) is 44.2 Å². The molecule has 0 aliphatic carbocycles. The molecule has 1 atom stereocenters. The maximum atomic E-state index is 13.8. The first kappa shape index (κ1) is 19.4. The van der Waals surface area contributed by atoms with E-state index in [4.69, 9.17) is 0 Å². The van der Waals surface area contributed by atoms with E-state index in [1.807, 2.05) is 27.7 Å². The monoisotopic (exact) mass is 367 g/mol. The minimum Gasteiger partial charge on any atom is -0.310 e. The summed E-state index contributed by atoms with van der Waals surface area (Å²) in [6, 6.07) is 5.57. The second kappa shape index (κ2) is 7.56. The molecular weight excluding hydrogens is 344 g/mol. The molecule has 0 spiro atoms. The molecule has 0 radical (unpaired) electrons. The zero-order valence-electron chi connectivity index (χ0n) is 15.1. The molecule has 2 rings (SSSR count). The molecule has 7 heteroatoms. The maximum absolute atomic E-state index is 13.8. The van der Waals surface area contributed by atoms with Crippen molar-refractivity contribution in [2.75, 3.05) is 11.1 Å². The van der Waals surface area contributed by atoms with Crippen molar-refractivity contribution in [2.24, 2.45) is 0 Å². The third-order valence-electron chi connectivity index (χ3n) is 3.61. The molecule has 1 amide bonds. The largest absolute Gasteiger partial charge is 0.310 e. The fraction of sp³-hybridized carbons (Fsp3) is 0.444. The summed E-state index contributed by atoms with van der Waals surface area (Å²) < 4.78 is 29.3. The van der Waals surface area contributed by atoms with Crippen LogP contribution in [0.5, 0.6) is 0 Å². The van der Waals surface area contributed by atoms with Crippen LogP contribution < -0.4 is 5.32 Å². The number of hydrogen-bond acceptors (Lipinski definition) is 3. The predicted octanol–water partition coefficient (Wildman–Crippen LogP) is 4.66. The number of halogens is 2. The highest BCUT2D eigenvalue weighted by molar-refractivity contribution is 8.00. The number of amides is 1. The molecule has 4 nitrogen and oxygen atoms in total. The summed E-state index contributed by atoms with van der Waals surface area (Å²) >= 11 is 1.18. The Morgan fingerprint density at radius 2 is 1.92 bits per heavy atom. The summed E-state index contributed by atoms with van der Waals surface area (Å²) in [5, 5.41) is 6.75. The first-order valence-electron chi connectivity index (χ1n) is 8.02. The summed E-state index contributed by atoms with van der Waals surface area (Å²) in [6.07, 6.45) is 0. The number of anilines is 1. The molecular formula is C18H23F2N3OS. The Morgan fingerprint density at radius 1 is 1.32 bits per heavy atom. The SMILES string of the molecule is Cc1cc(NC(=O)CS[C@@H](C)c2c(F)cccc2F)n(C(C)(C)C)n1. The van der Waals surface area contributed by atoms with Gasteiger partial charge in [-0.1, -0.05) is 6.07 Å². The van der Waals surface area contributed by atoms with E-state index in [1.54, 1.807) is 17.7 Å². The van der Waals surface area contributed by atoms with E-state index in [-0.39, 0.29) is 22.8 Å². The molecule has 1 N–H and O–H groups in total. The third kappa shape index (κ3) is 4.81. The van der Waals surface area contributed by atoms with Crippen molar-refractivity contribution in [3.05, 3.63) is 47.2 Å². The second-order valence-electron chi connectivity index (χ2n) is 6.89. The van der Waals surface area contributed by atoms with Crippen molar-refractivity contribution in [3.8, 4) is 0 Å². The normalized spacial score (nSPS) is 12.9. The van der Waals surface area contributed by atoms with Crippen LogP contribution in [0.2, 0.25) is 0 Å². The molecule has 0 bridgehead atoms. The van der Waals surface area contributed by atoms with E-state index >= 15 is 0 Å². The van der Waals surface area contributed by atoms with Crippen molar-refractivity contribution in [2.45, 2.75) is 45.4 Å². The zero-order valence-corrected chi connectivity index (χ0v) is 15.9. The van der Waals surface area contributed by atoms with Crippen molar-refractivity contribution < 1.29 is 13.6 Å². The Kier molecular flexibility index (Phi) is 5.87. The predicted molar refractivity (Wildman–Crippen MR) is 97.8 cm³/mol. The van der Waals surface area contributed by atoms with Gasteiger partial charge in [-0.25, -0.2) is 13.5 Å². The molecule has 0 saturated carbocycles. The van der Waals surface area contributed by atoms with E-state index in [9.17, 15) is 13.6 Å². The summed E-state index contributed by atoms with van der Waals surface area (Å²) in [4.78, 5) is 12.2. The van der Waals surface area contributed by atoms with Crippen LogP contribution in [0.25, 0.3) is 0 Å². The van der Waals surface area contributed by atoms with Gasteiger partial charge in [-0.2, -0.15) is 5.10 Å². The number of aromatic nitrogens is 2. The molecule has 1 aromatic heterocycles. The summed E-state index contributed by atoms with van der Waals surface area (Å²) in [6.45, 7) is 9.52. The molecule has 25 heavy (non-hydrogen) atoms. The lowest BCUT2D eigenvalue weighted by Crippen LogP contribution is -2.27. The lowest BCUT2D eigenvalue weighted by Gasteiger charge is -2.22. The molecule has 0 aliphatic rings. The Morgan fingerprint density at radius 3 is 2.48 bits per heavy atom. The molecule has 136 valence electrons. The van der Waals surface area contributed by atoms with Crippen molar-refractivity contribution >= 4 is 23.5 Å². The summed E-state index contributed by atoms with van der Waals surface area (Å²) in [5.74, 6) is -0.730. The zero-order chi connectivity index (χ0) is 18.8. The van der Waals surface area contributed by atoms with Gasteiger partial charge in [0, 0.05) is 16.9 Å². The van der Waals surface area contributed by atoms with Gasteiger partial charge >= 0.3 is 0 Å². The summed E-state index contributed by atoms with van der Waals surface area (Å²) in [5.41, 5.74) is 0.531. The number of thioether (sulfide) groups is 1.